The Morgan fingerprint density at radius 2 is 1.42 bits per heavy atom. The van der Waals surface area contributed by atoms with Crippen LogP contribution in [0.3, 0.4) is 0 Å². The monoisotopic (exact) mass is 964 g/mol. The summed E-state index contributed by atoms with van der Waals surface area (Å²) in [6, 6.07) is 45.1. The van der Waals surface area contributed by atoms with E-state index < -0.39 is 25.8 Å². The third-order valence-electron chi connectivity index (χ3n) is 10.2. The van der Waals surface area contributed by atoms with Gasteiger partial charge >= 0.3 is 0 Å². The van der Waals surface area contributed by atoms with Gasteiger partial charge in [0.2, 0.25) is 0 Å². The first-order valence-corrected chi connectivity index (χ1v) is 23.3. The van der Waals surface area contributed by atoms with Crippen molar-refractivity contribution in [2.75, 3.05) is 0 Å². The van der Waals surface area contributed by atoms with Crippen molar-refractivity contribution < 1.29 is 28.6 Å². The number of nitrogens with zero attached hydrogens (tertiary/aromatic N) is 2. The number of rotatable bonds is 8. The number of hydrogen-bond donors (Lipinski definition) is 0. The van der Waals surface area contributed by atoms with Crippen molar-refractivity contribution in [2.24, 2.45) is 0 Å². The smallest absolute Gasteiger partial charge is 0.123 e. The average molecular weight is 964 g/mol. The number of fused-ring (bicyclic) bond motifs is 3. The summed E-state index contributed by atoms with van der Waals surface area (Å²) >= 11 is 1.67. The zero-order valence-electron chi connectivity index (χ0n) is 36.7. The molecule has 1 atom stereocenters. The van der Waals surface area contributed by atoms with Crippen molar-refractivity contribution >= 4 is 44.8 Å². The normalized spacial score (nSPS) is 13.7. The number of hydrogen-bond acceptors (Lipinski definition) is 3. The molecule has 0 saturated heterocycles. The fourth-order valence-corrected chi connectivity index (χ4v) is 9.30. The summed E-state index contributed by atoms with van der Waals surface area (Å²) in [5.41, 5.74) is 8.68. The maximum absolute atomic E-state index is 14.0. The van der Waals surface area contributed by atoms with E-state index in [0.29, 0.717) is 11.3 Å². The van der Waals surface area contributed by atoms with Gasteiger partial charge in [-0.1, -0.05) is 120 Å². The summed E-state index contributed by atoms with van der Waals surface area (Å²) in [6.07, 6.45) is 3.72. The summed E-state index contributed by atoms with van der Waals surface area (Å²) in [5.74, 6) is -3.18. The van der Waals surface area contributed by atoms with Gasteiger partial charge in [-0.2, -0.15) is 11.3 Å². The van der Waals surface area contributed by atoms with Gasteiger partial charge in [0.05, 0.1) is 8.07 Å². The van der Waals surface area contributed by atoms with Gasteiger partial charge in [0.15, 0.2) is 0 Å². The summed E-state index contributed by atoms with van der Waals surface area (Å²) in [7, 11) is -1.23. The zero-order chi connectivity index (χ0) is 42.3. The van der Waals surface area contributed by atoms with E-state index in [1.807, 2.05) is 94.6 Å². The van der Waals surface area contributed by atoms with Crippen LogP contribution in [0, 0.1) is 17.9 Å². The second-order valence-corrected chi connectivity index (χ2v) is 21.8. The molecule has 0 aliphatic carbocycles. The van der Waals surface area contributed by atoms with Crippen molar-refractivity contribution in [1.29, 1.82) is 0 Å². The van der Waals surface area contributed by atoms with Crippen LogP contribution < -0.4 is 5.19 Å². The molecule has 0 spiro atoms. The van der Waals surface area contributed by atoms with E-state index in [-0.39, 0.29) is 25.9 Å². The van der Waals surface area contributed by atoms with Crippen LogP contribution in [0.4, 0.5) is 4.39 Å². The van der Waals surface area contributed by atoms with Crippen LogP contribution >= 0.6 is 11.3 Å². The van der Waals surface area contributed by atoms with Gasteiger partial charge < -0.3 is 9.97 Å². The van der Waals surface area contributed by atoms with Gasteiger partial charge in [-0.25, -0.2) is 4.39 Å². The van der Waals surface area contributed by atoms with E-state index in [0.717, 1.165) is 64.8 Å². The fourth-order valence-electron chi connectivity index (χ4n) is 7.02. The molecule has 5 aromatic carbocycles. The van der Waals surface area contributed by atoms with Crippen LogP contribution in [0.1, 0.15) is 78.7 Å². The molecule has 0 bridgehead atoms. The second kappa shape index (κ2) is 17.9. The molecule has 2 nitrogen and oxygen atoms in total. The van der Waals surface area contributed by atoms with Gasteiger partial charge in [-0.05, 0) is 96.1 Å². The molecular formula is C51H49FIrN2SSi-2. The minimum Gasteiger partial charge on any atom is -0.305 e. The van der Waals surface area contributed by atoms with E-state index in [9.17, 15) is 4.39 Å². The Bertz CT molecular complexity index is 2740. The number of benzene rings is 5. The Labute approximate surface area is 360 Å². The largest absolute Gasteiger partial charge is 0.305 e. The first-order valence-electron chi connectivity index (χ1n) is 20.5. The number of pyridine rings is 2. The first kappa shape index (κ1) is 38.0. The maximum Gasteiger partial charge on any atom is 0.123 e. The Hall–Kier alpha value is -4.58. The molecule has 0 saturated carbocycles. The molecule has 0 fully saturated rings. The fraction of sp³-hybridized carbons (Fsp3) is 0.216. The molecule has 0 N–H and O–H groups in total. The van der Waals surface area contributed by atoms with Crippen molar-refractivity contribution in [2.45, 2.75) is 71.9 Å². The van der Waals surface area contributed by atoms with Crippen LogP contribution in [-0.2, 0) is 20.1 Å². The van der Waals surface area contributed by atoms with Crippen molar-refractivity contribution in [1.82, 2.24) is 9.97 Å². The predicted octanol–water partition coefficient (Wildman–Crippen LogP) is 14.2. The van der Waals surface area contributed by atoms with Gasteiger partial charge in [0.25, 0.3) is 0 Å². The molecule has 1 unspecified atom stereocenters. The molecule has 3 heterocycles. The number of thiophene rings is 1. The third kappa shape index (κ3) is 9.26. The molecular weight excluding hydrogens is 912 g/mol. The molecule has 3 aromatic heterocycles. The summed E-state index contributed by atoms with van der Waals surface area (Å²) in [5, 5.41) is 3.61. The van der Waals surface area contributed by atoms with E-state index in [1.54, 1.807) is 36.6 Å². The Balaban J connectivity index is 0.000000298. The number of aromatic nitrogens is 2. The molecule has 291 valence electrons. The SMILES string of the molecule is C[Si](C)(C)c1ccc(-c2[c-]cccc2)nc1.[2H]C(C)(C)c1cccc(C([2H])(C)C)c1-c1ccc2c(c1)sc1c(-c3cc(C([2H])(C)c4cccc(F)c4)ccn3)[c-]ccc12.[Ir]. The van der Waals surface area contributed by atoms with E-state index in [4.69, 9.17) is 4.11 Å². The van der Waals surface area contributed by atoms with Crippen LogP contribution in [0.25, 0.3) is 53.8 Å². The zero-order valence-corrected chi connectivity index (χ0v) is 37.9. The van der Waals surface area contributed by atoms with Crippen molar-refractivity contribution in [3.05, 3.63) is 174 Å². The standard InChI is InChI=1S/C37H33FNS.C14H16NSi.Ir/c1-22(2)29-11-7-12-30(23(3)4)36(29)27-15-16-31-32-13-8-14-33(37(32)40-35(31)21-27)34-20-26(17-18-39-34)24(5)25-9-6-10-28(38)19-25;1-16(2,3)13-9-10-14(15-11-13)12-7-5-4-6-8-12;/h6-13,15-24H,1-5H3;4-7,9-11H,1-3H3;/q2*-1;/i22D,23D,24D;;. The molecule has 1 radical (unpaired) electrons. The van der Waals surface area contributed by atoms with Crippen LogP contribution in [-0.4, -0.2) is 18.0 Å². The second-order valence-electron chi connectivity index (χ2n) is 15.7. The molecule has 57 heavy (non-hydrogen) atoms. The van der Waals surface area contributed by atoms with E-state index >= 15 is 0 Å². The summed E-state index contributed by atoms with van der Waals surface area (Å²) < 4.78 is 43.0. The molecule has 0 aliphatic rings. The van der Waals surface area contributed by atoms with Crippen molar-refractivity contribution in [3.8, 4) is 33.6 Å². The molecule has 8 aromatic rings. The van der Waals surface area contributed by atoms with Gasteiger partial charge in [-0.15, -0.1) is 59.7 Å². The maximum atomic E-state index is 14.0. The first-order chi connectivity index (χ1) is 27.8. The minimum atomic E-state index is -1.23. The average Bonchev–Trinajstić information content (AvgIpc) is 3.58. The van der Waals surface area contributed by atoms with Crippen LogP contribution in [0.15, 0.2) is 134 Å². The van der Waals surface area contributed by atoms with Gasteiger partial charge in [0, 0.05) is 47.2 Å². The summed E-state index contributed by atoms with van der Waals surface area (Å²) in [6.45, 7) is 16.3. The molecule has 6 heteroatoms. The number of halogens is 1. The van der Waals surface area contributed by atoms with Gasteiger partial charge in [-0.3, -0.25) is 0 Å². The molecule has 8 rings (SSSR count). The molecule has 0 aliphatic heterocycles. The topological polar surface area (TPSA) is 25.8 Å². The summed E-state index contributed by atoms with van der Waals surface area (Å²) in [4.78, 5) is 9.19. The Kier molecular flexibility index (Phi) is 11.9. The Morgan fingerprint density at radius 3 is 2.07 bits per heavy atom. The minimum absolute atomic E-state index is 0. The van der Waals surface area contributed by atoms with Crippen molar-refractivity contribution in [3.63, 3.8) is 0 Å². The third-order valence-corrected chi connectivity index (χ3v) is 13.4. The molecule has 0 amide bonds. The van der Waals surface area contributed by atoms with E-state index in [2.05, 4.69) is 78.1 Å². The predicted molar refractivity (Wildman–Crippen MR) is 240 cm³/mol. The van der Waals surface area contributed by atoms with E-state index in [1.165, 1.54) is 17.3 Å². The quantitative estimate of drug-likeness (QED) is 0.112. The Morgan fingerprint density at radius 1 is 0.684 bits per heavy atom. The van der Waals surface area contributed by atoms with Gasteiger partial charge in [0.1, 0.15) is 5.82 Å². The van der Waals surface area contributed by atoms with Crippen LogP contribution in [0.2, 0.25) is 19.6 Å². The van der Waals surface area contributed by atoms with Crippen LogP contribution in [0.5, 0.6) is 0 Å².